The molecule has 0 spiro atoms. The van der Waals surface area contributed by atoms with Gasteiger partial charge in [0.25, 0.3) is 0 Å². The number of esters is 2. The summed E-state index contributed by atoms with van der Waals surface area (Å²) in [5.41, 5.74) is -0.568. The van der Waals surface area contributed by atoms with E-state index in [1.807, 2.05) is 6.92 Å². The number of hydrogen-bond donors (Lipinski definition) is 0. The van der Waals surface area contributed by atoms with Gasteiger partial charge in [-0.05, 0) is 33.1 Å². The molecule has 1 heterocycles. The Morgan fingerprint density at radius 1 is 1.33 bits per heavy atom. The lowest BCUT2D eigenvalue weighted by atomic mass is 9.91. The van der Waals surface area contributed by atoms with Gasteiger partial charge in [-0.3, -0.25) is 4.79 Å². The highest BCUT2D eigenvalue weighted by Gasteiger charge is 2.28. The Morgan fingerprint density at radius 2 is 2.06 bits per heavy atom. The summed E-state index contributed by atoms with van der Waals surface area (Å²) in [6.07, 6.45) is 2.87. The third-order valence-electron chi connectivity index (χ3n) is 3.16. The fourth-order valence-electron chi connectivity index (χ4n) is 1.45. The summed E-state index contributed by atoms with van der Waals surface area (Å²) in [5.74, 6) is -0.936. The van der Waals surface area contributed by atoms with Gasteiger partial charge in [-0.25, -0.2) is 4.79 Å². The van der Waals surface area contributed by atoms with E-state index in [9.17, 15) is 9.59 Å². The fourth-order valence-corrected chi connectivity index (χ4v) is 1.45. The summed E-state index contributed by atoms with van der Waals surface area (Å²) in [6, 6.07) is 0. The Bertz CT molecular complexity index is 292. The van der Waals surface area contributed by atoms with Crippen LogP contribution in [0.3, 0.4) is 0 Å². The molecule has 0 N–H and O–H groups in total. The standard InChI is InChI=1S/C13H22O5/c1-4-13(2,3)12(15)17-9-10(14)18-11-7-5-6-8-16-11/h11H,4-9H2,1-3H3. The first-order chi connectivity index (χ1) is 8.45. The van der Waals surface area contributed by atoms with Crippen LogP contribution in [-0.2, 0) is 23.8 Å². The van der Waals surface area contributed by atoms with Crippen LogP contribution in [-0.4, -0.2) is 31.4 Å². The maximum atomic E-state index is 11.6. The lowest BCUT2D eigenvalue weighted by Gasteiger charge is -2.23. The van der Waals surface area contributed by atoms with Crippen LogP contribution in [0.4, 0.5) is 0 Å². The van der Waals surface area contributed by atoms with E-state index >= 15 is 0 Å². The predicted octanol–water partition coefficient (Wildman–Crippen LogP) is 2.04. The van der Waals surface area contributed by atoms with E-state index in [0.717, 1.165) is 12.8 Å². The van der Waals surface area contributed by atoms with E-state index < -0.39 is 17.7 Å². The third kappa shape index (κ3) is 4.64. The van der Waals surface area contributed by atoms with Gasteiger partial charge in [0.1, 0.15) is 0 Å². The second-order valence-electron chi connectivity index (χ2n) is 5.10. The molecule has 0 aromatic rings. The Kier molecular flexibility index (Phi) is 5.59. The largest absolute Gasteiger partial charge is 0.453 e. The molecule has 1 unspecified atom stereocenters. The highest BCUT2D eigenvalue weighted by atomic mass is 16.7. The molecule has 5 heteroatoms. The lowest BCUT2D eigenvalue weighted by Crippen LogP contribution is -2.31. The van der Waals surface area contributed by atoms with E-state index in [2.05, 4.69) is 0 Å². The molecule has 1 fully saturated rings. The number of carbonyl (C=O) groups is 2. The summed E-state index contributed by atoms with van der Waals surface area (Å²) >= 11 is 0. The molecule has 104 valence electrons. The van der Waals surface area contributed by atoms with Crippen LogP contribution in [0.2, 0.25) is 0 Å². The number of carbonyl (C=O) groups excluding carboxylic acids is 2. The molecule has 0 bridgehead atoms. The van der Waals surface area contributed by atoms with Crippen LogP contribution in [0.15, 0.2) is 0 Å². The maximum absolute atomic E-state index is 11.6. The normalized spacial score (nSPS) is 20.3. The van der Waals surface area contributed by atoms with Crippen LogP contribution < -0.4 is 0 Å². The third-order valence-corrected chi connectivity index (χ3v) is 3.16. The van der Waals surface area contributed by atoms with Crippen molar-refractivity contribution in [3.8, 4) is 0 Å². The summed E-state index contributed by atoms with van der Waals surface area (Å²) in [4.78, 5) is 23.1. The lowest BCUT2D eigenvalue weighted by molar-refractivity contribution is -0.193. The van der Waals surface area contributed by atoms with Crippen molar-refractivity contribution in [1.82, 2.24) is 0 Å². The average molecular weight is 258 g/mol. The number of rotatable bonds is 5. The van der Waals surface area contributed by atoms with E-state index in [0.29, 0.717) is 19.4 Å². The molecule has 1 aliphatic heterocycles. The van der Waals surface area contributed by atoms with Gasteiger partial charge in [-0.15, -0.1) is 0 Å². The van der Waals surface area contributed by atoms with Crippen molar-refractivity contribution < 1.29 is 23.8 Å². The van der Waals surface area contributed by atoms with Gasteiger partial charge in [0.05, 0.1) is 12.0 Å². The molecule has 0 aromatic heterocycles. The van der Waals surface area contributed by atoms with Crippen molar-refractivity contribution >= 4 is 11.9 Å². The Hall–Kier alpha value is -1.10. The van der Waals surface area contributed by atoms with Gasteiger partial charge in [0.15, 0.2) is 6.61 Å². The Labute approximate surface area is 108 Å². The van der Waals surface area contributed by atoms with Crippen molar-refractivity contribution in [2.24, 2.45) is 5.41 Å². The molecule has 0 amide bonds. The summed E-state index contributed by atoms with van der Waals surface area (Å²) in [5, 5.41) is 0. The maximum Gasteiger partial charge on any atom is 0.346 e. The van der Waals surface area contributed by atoms with Gasteiger partial charge in [0.2, 0.25) is 6.29 Å². The minimum Gasteiger partial charge on any atom is -0.453 e. The summed E-state index contributed by atoms with van der Waals surface area (Å²) < 4.78 is 15.2. The summed E-state index contributed by atoms with van der Waals surface area (Å²) in [6.45, 7) is 5.73. The Morgan fingerprint density at radius 3 is 2.61 bits per heavy atom. The highest BCUT2D eigenvalue weighted by molar-refractivity contribution is 5.79. The van der Waals surface area contributed by atoms with Crippen LogP contribution in [0.25, 0.3) is 0 Å². The quantitative estimate of drug-likeness (QED) is 0.706. The van der Waals surface area contributed by atoms with E-state index in [-0.39, 0.29) is 12.6 Å². The van der Waals surface area contributed by atoms with Crippen LogP contribution in [0, 0.1) is 5.41 Å². The van der Waals surface area contributed by atoms with Crippen molar-refractivity contribution in [2.75, 3.05) is 13.2 Å². The van der Waals surface area contributed by atoms with E-state index in [1.54, 1.807) is 13.8 Å². The predicted molar refractivity (Wildman–Crippen MR) is 64.7 cm³/mol. The molecular weight excluding hydrogens is 236 g/mol. The molecule has 5 nitrogen and oxygen atoms in total. The SMILES string of the molecule is CCC(C)(C)C(=O)OCC(=O)OC1CCCCO1. The fraction of sp³-hybridized carbons (Fsp3) is 0.846. The molecule has 0 aromatic carbocycles. The molecule has 1 rings (SSSR count). The highest BCUT2D eigenvalue weighted by Crippen LogP contribution is 2.21. The minimum absolute atomic E-state index is 0.345. The van der Waals surface area contributed by atoms with Crippen molar-refractivity contribution in [3.63, 3.8) is 0 Å². The van der Waals surface area contributed by atoms with Crippen molar-refractivity contribution in [3.05, 3.63) is 0 Å². The van der Waals surface area contributed by atoms with Gasteiger partial charge >= 0.3 is 11.9 Å². The molecule has 1 saturated heterocycles. The second kappa shape index (κ2) is 6.73. The number of hydrogen-bond acceptors (Lipinski definition) is 5. The van der Waals surface area contributed by atoms with Gasteiger partial charge in [0, 0.05) is 6.42 Å². The summed E-state index contributed by atoms with van der Waals surface area (Å²) in [7, 11) is 0. The molecule has 18 heavy (non-hydrogen) atoms. The zero-order chi connectivity index (χ0) is 13.6. The number of ether oxygens (including phenoxy) is 3. The molecule has 1 aliphatic rings. The Balaban J connectivity index is 2.26. The van der Waals surface area contributed by atoms with Gasteiger partial charge < -0.3 is 14.2 Å². The second-order valence-corrected chi connectivity index (χ2v) is 5.10. The minimum atomic E-state index is -0.568. The zero-order valence-corrected chi connectivity index (χ0v) is 11.4. The van der Waals surface area contributed by atoms with Crippen LogP contribution >= 0.6 is 0 Å². The molecule has 1 atom stereocenters. The zero-order valence-electron chi connectivity index (χ0n) is 11.4. The van der Waals surface area contributed by atoms with Crippen LogP contribution in [0.5, 0.6) is 0 Å². The molecule has 0 radical (unpaired) electrons. The first-order valence-corrected chi connectivity index (χ1v) is 6.44. The van der Waals surface area contributed by atoms with E-state index in [4.69, 9.17) is 14.2 Å². The smallest absolute Gasteiger partial charge is 0.346 e. The monoisotopic (exact) mass is 258 g/mol. The molecule has 0 saturated carbocycles. The molecule has 0 aliphatic carbocycles. The first-order valence-electron chi connectivity index (χ1n) is 6.44. The van der Waals surface area contributed by atoms with Crippen molar-refractivity contribution in [1.29, 1.82) is 0 Å². The first kappa shape index (κ1) is 15.0. The van der Waals surface area contributed by atoms with Gasteiger partial charge in [-0.1, -0.05) is 6.92 Å². The average Bonchev–Trinajstić information content (AvgIpc) is 2.37. The van der Waals surface area contributed by atoms with Crippen molar-refractivity contribution in [2.45, 2.75) is 52.7 Å². The van der Waals surface area contributed by atoms with Crippen LogP contribution in [0.1, 0.15) is 46.5 Å². The van der Waals surface area contributed by atoms with Gasteiger partial charge in [-0.2, -0.15) is 0 Å². The van der Waals surface area contributed by atoms with E-state index in [1.165, 1.54) is 0 Å². The topological polar surface area (TPSA) is 61.8 Å². The molecular formula is C13H22O5.